The molecule has 5 rings (SSSR count). The maximum absolute atomic E-state index is 12.6. The number of anilines is 3. The molecule has 34 heavy (non-hydrogen) atoms. The van der Waals surface area contributed by atoms with Gasteiger partial charge in [0, 0.05) is 38.4 Å². The number of fused-ring (bicyclic) bond motifs is 1. The standard InChI is InChI=1S/C22H25N6O4PS/c1-15-12-27(9-10-32-15)22-25-20(19-21(26-22)28(14-23-19)17-8-11-34-13-17)24-16-4-6-18(7-5-16)33(29,30-2)31-3/h4-8,11,13-15H,9-10,12H2,1-3H3,(H,24,25,26). The summed E-state index contributed by atoms with van der Waals surface area (Å²) < 4.78 is 30.5. The molecule has 1 aliphatic heterocycles. The Kier molecular flexibility index (Phi) is 6.37. The summed E-state index contributed by atoms with van der Waals surface area (Å²) in [5.41, 5.74) is 3.12. The highest BCUT2D eigenvalue weighted by atomic mass is 32.1. The minimum absolute atomic E-state index is 0.0936. The Morgan fingerprint density at radius 3 is 2.65 bits per heavy atom. The number of hydrogen-bond acceptors (Lipinski definition) is 10. The number of aromatic nitrogens is 4. The van der Waals surface area contributed by atoms with Crippen molar-refractivity contribution in [3.05, 3.63) is 47.4 Å². The number of ether oxygens (including phenoxy) is 1. The second-order valence-electron chi connectivity index (χ2n) is 7.80. The van der Waals surface area contributed by atoms with Crippen LogP contribution in [0.5, 0.6) is 0 Å². The first-order chi connectivity index (χ1) is 16.5. The summed E-state index contributed by atoms with van der Waals surface area (Å²) in [4.78, 5) is 16.4. The SMILES string of the molecule is COP(=O)(OC)c1ccc(Nc2nc(N3CCOC(C)C3)nc3c2ncn3-c2ccsc2)cc1. The van der Waals surface area contributed by atoms with Crippen molar-refractivity contribution in [3.8, 4) is 5.69 Å². The molecule has 1 unspecified atom stereocenters. The van der Waals surface area contributed by atoms with Crippen molar-refractivity contribution in [3.63, 3.8) is 0 Å². The van der Waals surface area contributed by atoms with Crippen LogP contribution >= 0.6 is 18.9 Å². The molecule has 12 heteroatoms. The van der Waals surface area contributed by atoms with E-state index < -0.39 is 7.60 Å². The molecular weight excluding hydrogens is 475 g/mol. The highest BCUT2D eigenvalue weighted by molar-refractivity contribution is 7.62. The molecular formula is C22H25N6O4PS. The van der Waals surface area contributed by atoms with Crippen LogP contribution in [0.4, 0.5) is 17.5 Å². The second-order valence-corrected chi connectivity index (χ2v) is 10.8. The average molecular weight is 501 g/mol. The fourth-order valence-electron chi connectivity index (χ4n) is 3.85. The Labute approximate surface area is 201 Å². The van der Waals surface area contributed by atoms with Gasteiger partial charge < -0.3 is 24.0 Å². The molecule has 1 saturated heterocycles. The summed E-state index contributed by atoms with van der Waals surface area (Å²) in [6.07, 6.45) is 1.85. The monoisotopic (exact) mass is 500 g/mol. The second kappa shape index (κ2) is 9.44. The lowest BCUT2D eigenvalue weighted by atomic mass is 10.3. The van der Waals surface area contributed by atoms with E-state index in [2.05, 4.69) is 20.6 Å². The number of hydrogen-bond donors (Lipinski definition) is 1. The van der Waals surface area contributed by atoms with Gasteiger partial charge in [-0.25, -0.2) is 4.98 Å². The van der Waals surface area contributed by atoms with Crippen LogP contribution in [0.2, 0.25) is 0 Å². The van der Waals surface area contributed by atoms with Crippen molar-refractivity contribution >= 4 is 52.9 Å². The third-order valence-electron chi connectivity index (χ3n) is 5.62. The molecule has 3 aromatic heterocycles. The Balaban J connectivity index is 1.55. The fraction of sp³-hybridized carbons (Fsp3) is 0.318. The lowest BCUT2D eigenvalue weighted by Crippen LogP contribution is -2.42. The summed E-state index contributed by atoms with van der Waals surface area (Å²) in [5, 5.41) is 7.90. The number of nitrogens with one attached hydrogen (secondary N) is 1. The first kappa shape index (κ1) is 22.9. The Morgan fingerprint density at radius 1 is 1.18 bits per heavy atom. The zero-order valence-electron chi connectivity index (χ0n) is 19.0. The Hall–Kier alpha value is -2.82. The third kappa shape index (κ3) is 4.33. The molecule has 10 nitrogen and oxygen atoms in total. The lowest BCUT2D eigenvalue weighted by Gasteiger charge is -2.31. The number of benzene rings is 1. The van der Waals surface area contributed by atoms with Gasteiger partial charge in [-0.05, 0) is 42.6 Å². The van der Waals surface area contributed by atoms with Gasteiger partial charge >= 0.3 is 7.60 Å². The van der Waals surface area contributed by atoms with E-state index in [4.69, 9.17) is 23.8 Å². The van der Waals surface area contributed by atoms with Crippen LogP contribution in [0.25, 0.3) is 16.9 Å². The molecule has 1 fully saturated rings. The molecule has 0 amide bonds. The molecule has 1 aliphatic rings. The van der Waals surface area contributed by atoms with E-state index in [1.165, 1.54) is 14.2 Å². The van der Waals surface area contributed by atoms with E-state index in [9.17, 15) is 4.57 Å². The summed E-state index contributed by atoms with van der Waals surface area (Å²) in [5.74, 6) is 1.20. The molecule has 4 heterocycles. The molecule has 0 saturated carbocycles. The highest BCUT2D eigenvalue weighted by Crippen LogP contribution is 2.45. The van der Waals surface area contributed by atoms with Crippen molar-refractivity contribution in [2.45, 2.75) is 13.0 Å². The van der Waals surface area contributed by atoms with Gasteiger partial charge in [0.05, 0.1) is 23.7 Å². The van der Waals surface area contributed by atoms with Crippen LogP contribution in [0.3, 0.4) is 0 Å². The molecule has 178 valence electrons. The van der Waals surface area contributed by atoms with Gasteiger partial charge in [-0.1, -0.05) is 0 Å². The van der Waals surface area contributed by atoms with E-state index in [0.29, 0.717) is 47.9 Å². The lowest BCUT2D eigenvalue weighted by molar-refractivity contribution is 0.0526. The summed E-state index contributed by atoms with van der Waals surface area (Å²) >= 11 is 1.61. The zero-order valence-corrected chi connectivity index (χ0v) is 20.8. The van der Waals surface area contributed by atoms with Gasteiger partial charge in [-0.15, -0.1) is 0 Å². The molecule has 0 aliphatic carbocycles. The van der Waals surface area contributed by atoms with Gasteiger partial charge in [-0.2, -0.15) is 21.3 Å². The van der Waals surface area contributed by atoms with Crippen LogP contribution < -0.4 is 15.5 Å². The van der Waals surface area contributed by atoms with Gasteiger partial charge in [0.25, 0.3) is 0 Å². The summed E-state index contributed by atoms with van der Waals surface area (Å²) in [6, 6.07) is 9.06. The molecule has 0 radical (unpaired) electrons. The fourth-order valence-corrected chi connectivity index (χ4v) is 5.56. The van der Waals surface area contributed by atoms with Gasteiger partial charge in [0.15, 0.2) is 17.0 Å². The van der Waals surface area contributed by atoms with Crippen molar-refractivity contribution in [2.75, 3.05) is 44.1 Å². The highest BCUT2D eigenvalue weighted by Gasteiger charge is 2.25. The first-order valence-electron chi connectivity index (χ1n) is 10.7. The Bertz CT molecular complexity index is 1320. The Morgan fingerprint density at radius 2 is 1.97 bits per heavy atom. The molecule has 0 spiro atoms. The number of nitrogens with zero attached hydrogens (tertiary/aromatic N) is 5. The third-order valence-corrected chi connectivity index (χ3v) is 8.18. The summed E-state index contributed by atoms with van der Waals surface area (Å²) in [6.45, 7) is 4.07. The zero-order chi connectivity index (χ0) is 23.7. The van der Waals surface area contributed by atoms with Crippen LogP contribution in [-0.2, 0) is 18.3 Å². The topological polar surface area (TPSA) is 104 Å². The molecule has 1 atom stereocenters. The first-order valence-corrected chi connectivity index (χ1v) is 13.2. The minimum atomic E-state index is -3.32. The maximum atomic E-state index is 12.6. The minimum Gasteiger partial charge on any atom is -0.375 e. The van der Waals surface area contributed by atoms with E-state index in [-0.39, 0.29) is 6.10 Å². The number of thiophene rings is 1. The van der Waals surface area contributed by atoms with Crippen molar-refractivity contribution in [1.29, 1.82) is 0 Å². The van der Waals surface area contributed by atoms with Gasteiger partial charge in [0.2, 0.25) is 5.95 Å². The predicted octanol–water partition coefficient (Wildman–Crippen LogP) is 3.96. The number of rotatable bonds is 7. The van der Waals surface area contributed by atoms with E-state index in [0.717, 1.165) is 11.4 Å². The smallest absolute Gasteiger partial charge is 0.360 e. The van der Waals surface area contributed by atoms with Crippen molar-refractivity contribution in [1.82, 2.24) is 19.5 Å². The van der Waals surface area contributed by atoms with Gasteiger partial charge in [-0.3, -0.25) is 9.13 Å². The molecule has 0 bridgehead atoms. The largest absolute Gasteiger partial charge is 0.375 e. The maximum Gasteiger partial charge on any atom is 0.360 e. The predicted molar refractivity (Wildman–Crippen MR) is 133 cm³/mol. The molecule has 4 aromatic rings. The average Bonchev–Trinajstić information content (AvgIpc) is 3.54. The number of morpholine rings is 1. The molecule has 1 N–H and O–H groups in total. The quantitative estimate of drug-likeness (QED) is 0.378. The van der Waals surface area contributed by atoms with Crippen LogP contribution in [0.1, 0.15) is 6.92 Å². The van der Waals surface area contributed by atoms with Crippen LogP contribution in [0.15, 0.2) is 47.4 Å². The van der Waals surface area contributed by atoms with Gasteiger partial charge in [0.1, 0.15) is 6.33 Å². The van der Waals surface area contributed by atoms with Crippen LogP contribution in [0, 0.1) is 0 Å². The summed E-state index contributed by atoms with van der Waals surface area (Å²) in [7, 11) is -0.585. The van der Waals surface area contributed by atoms with E-state index >= 15 is 0 Å². The number of imidazole rings is 1. The normalized spacial score (nSPS) is 16.8. The molecule has 1 aromatic carbocycles. The van der Waals surface area contributed by atoms with Crippen molar-refractivity contribution in [2.24, 2.45) is 0 Å². The van der Waals surface area contributed by atoms with Crippen LogP contribution in [-0.4, -0.2) is 59.5 Å². The van der Waals surface area contributed by atoms with E-state index in [1.54, 1.807) is 41.9 Å². The van der Waals surface area contributed by atoms with Crippen molar-refractivity contribution < 1.29 is 18.3 Å². The van der Waals surface area contributed by atoms with E-state index in [1.807, 2.05) is 22.9 Å².